The van der Waals surface area contributed by atoms with Gasteiger partial charge in [0.05, 0.1) is 12.8 Å². The molecule has 0 aliphatic heterocycles. The van der Waals surface area contributed by atoms with Crippen molar-refractivity contribution in [2.45, 2.75) is 26.4 Å². The summed E-state index contributed by atoms with van der Waals surface area (Å²) in [6.45, 7) is 5.22. The number of allylic oxidation sites excluding steroid dienone is 1. The Labute approximate surface area is 95.0 Å². The number of hydrogen-bond acceptors (Lipinski definition) is 3. The van der Waals surface area contributed by atoms with Gasteiger partial charge in [-0.05, 0) is 32.9 Å². The molecule has 0 fully saturated rings. The van der Waals surface area contributed by atoms with Gasteiger partial charge in [0.1, 0.15) is 11.4 Å². The van der Waals surface area contributed by atoms with Crippen LogP contribution >= 0.6 is 0 Å². The zero-order valence-corrected chi connectivity index (χ0v) is 9.78. The average Bonchev–Trinajstić information content (AvgIpc) is 2.78. The van der Waals surface area contributed by atoms with E-state index >= 15 is 0 Å². The van der Waals surface area contributed by atoms with Crippen LogP contribution in [0.3, 0.4) is 0 Å². The number of nitrogens with one attached hydrogen (secondary N) is 1. The first-order valence-corrected chi connectivity index (χ1v) is 5.15. The van der Waals surface area contributed by atoms with Crippen LogP contribution in [0.2, 0.25) is 0 Å². The summed E-state index contributed by atoms with van der Waals surface area (Å²) in [6, 6.07) is 3.37. The minimum absolute atomic E-state index is 0.116. The van der Waals surface area contributed by atoms with E-state index in [1.54, 1.807) is 39.0 Å². The van der Waals surface area contributed by atoms with Gasteiger partial charge in [0.15, 0.2) is 0 Å². The normalized spacial score (nSPS) is 15.6. The third kappa shape index (κ3) is 2.97. The molecule has 1 atom stereocenters. The van der Waals surface area contributed by atoms with Crippen LogP contribution in [-0.2, 0) is 10.4 Å². The number of carbonyl (C=O) groups excluding carboxylic acids is 1. The summed E-state index contributed by atoms with van der Waals surface area (Å²) >= 11 is 0. The fraction of sp³-hybridized carbons (Fsp3) is 0.417. The maximum Gasteiger partial charge on any atom is 0.246 e. The molecule has 0 aromatic carbocycles. The monoisotopic (exact) mass is 223 g/mol. The van der Waals surface area contributed by atoms with Crippen molar-refractivity contribution in [2.75, 3.05) is 6.54 Å². The lowest BCUT2D eigenvalue weighted by Gasteiger charge is -2.21. The zero-order chi connectivity index (χ0) is 12.2. The van der Waals surface area contributed by atoms with Crippen LogP contribution in [0.25, 0.3) is 0 Å². The maximum atomic E-state index is 11.5. The van der Waals surface area contributed by atoms with Crippen LogP contribution in [0.1, 0.15) is 26.5 Å². The van der Waals surface area contributed by atoms with E-state index in [1.165, 1.54) is 6.26 Å². The van der Waals surface area contributed by atoms with Crippen molar-refractivity contribution < 1.29 is 14.3 Å². The number of carbonyl (C=O) groups is 1. The van der Waals surface area contributed by atoms with Gasteiger partial charge in [-0.15, -0.1) is 0 Å². The molecule has 88 valence electrons. The maximum absolute atomic E-state index is 11.5. The van der Waals surface area contributed by atoms with Gasteiger partial charge in [-0.25, -0.2) is 0 Å². The summed E-state index contributed by atoms with van der Waals surface area (Å²) in [7, 11) is 0. The lowest BCUT2D eigenvalue weighted by atomic mass is 10.0. The molecule has 1 heterocycles. The molecule has 4 heteroatoms. The Morgan fingerprint density at radius 1 is 1.69 bits per heavy atom. The minimum Gasteiger partial charge on any atom is -0.466 e. The van der Waals surface area contributed by atoms with Crippen LogP contribution < -0.4 is 5.32 Å². The number of amides is 1. The Kier molecular flexibility index (Phi) is 3.90. The Balaban J connectivity index is 2.59. The molecule has 0 aliphatic rings. The molecular formula is C12H17NO3. The van der Waals surface area contributed by atoms with E-state index in [0.717, 1.165) is 0 Å². The van der Waals surface area contributed by atoms with Crippen LogP contribution in [-0.4, -0.2) is 17.6 Å². The van der Waals surface area contributed by atoms with Crippen molar-refractivity contribution in [1.29, 1.82) is 0 Å². The van der Waals surface area contributed by atoms with Gasteiger partial charge in [0.2, 0.25) is 5.91 Å². The SMILES string of the molecule is CC=C(C)C(=O)NCC(C)(O)c1ccco1. The Hall–Kier alpha value is -1.55. The van der Waals surface area contributed by atoms with Crippen molar-refractivity contribution in [3.8, 4) is 0 Å². The summed E-state index contributed by atoms with van der Waals surface area (Å²) in [4.78, 5) is 11.5. The summed E-state index contributed by atoms with van der Waals surface area (Å²) in [5.74, 6) is 0.250. The molecule has 0 saturated heterocycles. The average molecular weight is 223 g/mol. The van der Waals surface area contributed by atoms with Crippen molar-refractivity contribution >= 4 is 5.91 Å². The third-order valence-electron chi connectivity index (χ3n) is 2.44. The van der Waals surface area contributed by atoms with E-state index in [2.05, 4.69) is 5.32 Å². The van der Waals surface area contributed by atoms with E-state index in [4.69, 9.17) is 4.42 Å². The zero-order valence-electron chi connectivity index (χ0n) is 9.78. The quantitative estimate of drug-likeness (QED) is 0.761. The molecule has 1 aromatic rings. The smallest absolute Gasteiger partial charge is 0.246 e. The molecule has 0 spiro atoms. The number of hydrogen-bond donors (Lipinski definition) is 2. The summed E-state index contributed by atoms with van der Waals surface area (Å²) in [6.07, 6.45) is 3.21. The van der Waals surface area contributed by atoms with Gasteiger partial charge in [-0.1, -0.05) is 6.08 Å². The van der Waals surface area contributed by atoms with Crippen molar-refractivity contribution in [2.24, 2.45) is 0 Å². The second-order valence-electron chi connectivity index (χ2n) is 3.91. The molecule has 0 radical (unpaired) electrons. The van der Waals surface area contributed by atoms with Crippen LogP contribution in [0.5, 0.6) is 0 Å². The van der Waals surface area contributed by atoms with Crippen LogP contribution in [0.4, 0.5) is 0 Å². The highest BCUT2D eigenvalue weighted by Gasteiger charge is 2.26. The molecule has 1 aromatic heterocycles. The first-order valence-electron chi connectivity index (χ1n) is 5.15. The predicted octanol–water partition coefficient (Wildman–Crippen LogP) is 1.57. The topological polar surface area (TPSA) is 62.5 Å². The standard InChI is InChI=1S/C12H17NO3/c1-4-9(2)11(14)13-8-12(3,15)10-6-5-7-16-10/h4-7,15H,8H2,1-3H3,(H,13,14). The molecule has 0 bridgehead atoms. The molecule has 4 nitrogen and oxygen atoms in total. The van der Waals surface area contributed by atoms with Gasteiger partial charge >= 0.3 is 0 Å². The Bertz CT molecular complexity index is 377. The predicted molar refractivity (Wildman–Crippen MR) is 60.7 cm³/mol. The second-order valence-corrected chi connectivity index (χ2v) is 3.91. The lowest BCUT2D eigenvalue weighted by molar-refractivity contribution is -0.118. The summed E-state index contributed by atoms with van der Waals surface area (Å²) in [5.41, 5.74) is -0.567. The van der Waals surface area contributed by atoms with Gasteiger partial charge in [0, 0.05) is 5.57 Å². The highest BCUT2D eigenvalue weighted by Crippen LogP contribution is 2.19. The molecule has 0 saturated carbocycles. The highest BCUT2D eigenvalue weighted by molar-refractivity contribution is 5.92. The number of aliphatic hydroxyl groups is 1. The van der Waals surface area contributed by atoms with Crippen molar-refractivity contribution in [1.82, 2.24) is 5.32 Å². The first-order chi connectivity index (χ1) is 7.47. The molecule has 1 unspecified atom stereocenters. The molecule has 1 amide bonds. The highest BCUT2D eigenvalue weighted by atomic mass is 16.4. The minimum atomic E-state index is -1.19. The Morgan fingerprint density at radius 2 is 2.38 bits per heavy atom. The van der Waals surface area contributed by atoms with Crippen LogP contribution in [0, 0.1) is 0 Å². The second kappa shape index (κ2) is 4.99. The largest absolute Gasteiger partial charge is 0.466 e. The summed E-state index contributed by atoms with van der Waals surface area (Å²) < 4.78 is 5.10. The van der Waals surface area contributed by atoms with Crippen LogP contribution in [0.15, 0.2) is 34.5 Å². The Morgan fingerprint density at radius 3 is 2.88 bits per heavy atom. The first kappa shape index (κ1) is 12.5. The van der Waals surface area contributed by atoms with E-state index in [-0.39, 0.29) is 12.5 Å². The lowest BCUT2D eigenvalue weighted by Crippen LogP contribution is -2.38. The molecule has 0 aliphatic carbocycles. The van der Waals surface area contributed by atoms with E-state index in [1.807, 2.05) is 0 Å². The molecule has 16 heavy (non-hydrogen) atoms. The van der Waals surface area contributed by atoms with Gasteiger partial charge in [-0.2, -0.15) is 0 Å². The van der Waals surface area contributed by atoms with E-state index < -0.39 is 5.60 Å². The number of furan rings is 1. The summed E-state index contributed by atoms with van der Waals surface area (Å²) in [5, 5.41) is 12.7. The number of rotatable bonds is 4. The third-order valence-corrected chi connectivity index (χ3v) is 2.44. The molecular weight excluding hydrogens is 206 g/mol. The molecule has 1 rings (SSSR count). The molecule has 2 N–H and O–H groups in total. The van der Waals surface area contributed by atoms with Crippen molar-refractivity contribution in [3.05, 3.63) is 35.8 Å². The van der Waals surface area contributed by atoms with E-state index in [9.17, 15) is 9.90 Å². The van der Waals surface area contributed by atoms with E-state index in [0.29, 0.717) is 11.3 Å². The van der Waals surface area contributed by atoms with Gasteiger partial charge in [-0.3, -0.25) is 4.79 Å². The van der Waals surface area contributed by atoms with Crippen molar-refractivity contribution in [3.63, 3.8) is 0 Å². The van der Waals surface area contributed by atoms with Gasteiger partial charge in [0.25, 0.3) is 0 Å². The van der Waals surface area contributed by atoms with Gasteiger partial charge < -0.3 is 14.8 Å². The fourth-order valence-corrected chi connectivity index (χ4v) is 1.20. The fourth-order valence-electron chi connectivity index (χ4n) is 1.20.